The highest BCUT2D eigenvalue weighted by atomic mass is 32.2. The molecule has 0 aliphatic heterocycles. The van der Waals surface area contributed by atoms with Crippen LogP contribution in [-0.2, 0) is 14.3 Å². The van der Waals surface area contributed by atoms with Crippen LogP contribution >= 0.6 is 0 Å². The summed E-state index contributed by atoms with van der Waals surface area (Å²) in [7, 11) is -1.91. The first-order chi connectivity index (χ1) is 3.56. The lowest BCUT2D eigenvalue weighted by molar-refractivity contribution is 0.498. The molecule has 0 atom stereocenters. The molecule has 0 fully saturated rings. The van der Waals surface area contributed by atoms with Crippen LogP contribution in [-0.4, -0.2) is 28.1 Å². The Morgan fingerprint density at radius 2 is 2.12 bits per heavy atom. The first-order valence-electron chi connectivity index (χ1n) is 1.85. The minimum absolute atomic E-state index is 0.870. The zero-order valence-corrected chi connectivity index (χ0v) is 5.47. The zero-order valence-electron chi connectivity index (χ0n) is 4.66. The van der Waals surface area contributed by atoms with Gasteiger partial charge in [-0.1, -0.05) is 0 Å². The monoisotopic (exact) mass is 137 g/mol. The Labute approximate surface area is 48.3 Å². The fourth-order valence-electron chi connectivity index (χ4n) is 0.121. The van der Waals surface area contributed by atoms with Crippen molar-refractivity contribution in [2.45, 2.75) is 0 Å². The van der Waals surface area contributed by atoms with E-state index in [2.05, 4.69) is 9.18 Å². The van der Waals surface area contributed by atoms with Crippen molar-refractivity contribution in [2.24, 2.45) is 4.99 Å². The van der Waals surface area contributed by atoms with Gasteiger partial charge < -0.3 is 4.18 Å². The SMILES string of the molecule is C/N=C\OS(C)(=O)=O. The molecule has 0 radical (unpaired) electrons. The predicted molar refractivity (Wildman–Crippen MR) is 30.3 cm³/mol. The highest BCUT2D eigenvalue weighted by Gasteiger charge is 1.94. The number of aliphatic imine (C=N–C) groups is 1. The molecule has 48 valence electrons. The molecule has 0 unspecified atom stereocenters. The molecule has 0 heterocycles. The Kier molecular flexibility index (Phi) is 2.47. The average molecular weight is 137 g/mol. The van der Waals surface area contributed by atoms with Gasteiger partial charge in [0.25, 0.3) is 0 Å². The van der Waals surface area contributed by atoms with Gasteiger partial charge >= 0.3 is 10.1 Å². The summed E-state index contributed by atoms with van der Waals surface area (Å²) in [5.41, 5.74) is 0. The van der Waals surface area contributed by atoms with Gasteiger partial charge in [-0.2, -0.15) is 8.42 Å². The Morgan fingerprint density at radius 3 is 2.25 bits per heavy atom. The van der Waals surface area contributed by atoms with Gasteiger partial charge in [-0.3, -0.25) is 4.99 Å². The van der Waals surface area contributed by atoms with Crippen molar-refractivity contribution in [3.8, 4) is 0 Å². The van der Waals surface area contributed by atoms with Crippen LogP contribution in [0.3, 0.4) is 0 Å². The van der Waals surface area contributed by atoms with Crippen LogP contribution in [0.15, 0.2) is 4.99 Å². The molecule has 0 rings (SSSR count). The van der Waals surface area contributed by atoms with Crippen molar-refractivity contribution in [1.29, 1.82) is 0 Å². The molecule has 8 heavy (non-hydrogen) atoms. The topological polar surface area (TPSA) is 55.7 Å². The number of hydrogen-bond donors (Lipinski definition) is 0. The molecule has 0 aliphatic rings. The van der Waals surface area contributed by atoms with Gasteiger partial charge in [0.05, 0.1) is 6.26 Å². The Morgan fingerprint density at radius 1 is 1.62 bits per heavy atom. The van der Waals surface area contributed by atoms with E-state index in [1.54, 1.807) is 0 Å². The molecular weight excluding hydrogens is 130 g/mol. The van der Waals surface area contributed by atoms with E-state index < -0.39 is 10.1 Å². The van der Waals surface area contributed by atoms with Gasteiger partial charge in [0.1, 0.15) is 0 Å². The van der Waals surface area contributed by atoms with Gasteiger partial charge in [-0.25, -0.2) is 0 Å². The van der Waals surface area contributed by atoms with Gasteiger partial charge in [0, 0.05) is 7.05 Å². The van der Waals surface area contributed by atoms with Gasteiger partial charge in [0.15, 0.2) is 6.40 Å². The third-order valence-electron chi connectivity index (χ3n) is 0.323. The molecule has 5 heteroatoms. The predicted octanol–water partition coefficient (Wildman–Crippen LogP) is -0.379. The van der Waals surface area contributed by atoms with E-state index in [4.69, 9.17) is 0 Å². The Bertz CT molecular complexity index is 169. The molecule has 0 amide bonds. The first-order valence-corrected chi connectivity index (χ1v) is 3.67. The molecule has 0 bridgehead atoms. The maximum absolute atomic E-state index is 10.1. The van der Waals surface area contributed by atoms with Gasteiger partial charge in [0.2, 0.25) is 0 Å². The zero-order chi connectivity index (χ0) is 6.62. The number of hydrogen-bond acceptors (Lipinski definition) is 4. The average Bonchev–Trinajstić information content (AvgIpc) is 1.59. The number of rotatable bonds is 2. The maximum atomic E-state index is 10.1. The maximum Gasteiger partial charge on any atom is 0.307 e. The number of nitrogens with zero attached hydrogens (tertiary/aromatic N) is 1. The second kappa shape index (κ2) is 2.66. The summed E-state index contributed by atoms with van der Waals surface area (Å²) in [5.74, 6) is 0. The van der Waals surface area contributed by atoms with Crippen LogP contribution in [0.5, 0.6) is 0 Å². The highest BCUT2D eigenvalue weighted by molar-refractivity contribution is 7.86. The quantitative estimate of drug-likeness (QED) is 0.296. The molecule has 0 saturated heterocycles. The van der Waals surface area contributed by atoms with E-state index in [0.29, 0.717) is 0 Å². The highest BCUT2D eigenvalue weighted by Crippen LogP contribution is 1.79. The summed E-state index contributed by atoms with van der Waals surface area (Å²) >= 11 is 0. The van der Waals surface area contributed by atoms with Crippen LogP contribution in [0, 0.1) is 0 Å². The van der Waals surface area contributed by atoms with E-state index in [1.807, 2.05) is 0 Å². The van der Waals surface area contributed by atoms with Crippen LogP contribution in [0.1, 0.15) is 0 Å². The molecule has 0 aromatic heterocycles. The molecule has 0 aliphatic carbocycles. The molecule has 4 nitrogen and oxygen atoms in total. The van der Waals surface area contributed by atoms with Crippen molar-refractivity contribution in [3.05, 3.63) is 0 Å². The van der Waals surface area contributed by atoms with E-state index in [1.165, 1.54) is 7.05 Å². The van der Waals surface area contributed by atoms with Crippen molar-refractivity contribution >= 4 is 16.5 Å². The van der Waals surface area contributed by atoms with E-state index in [0.717, 1.165) is 12.7 Å². The molecule has 0 saturated carbocycles. The summed E-state index contributed by atoms with van der Waals surface area (Å²) in [4.78, 5) is 3.29. The van der Waals surface area contributed by atoms with E-state index in [-0.39, 0.29) is 0 Å². The molecule has 0 aromatic carbocycles. The summed E-state index contributed by atoms with van der Waals surface area (Å²) < 4.78 is 24.2. The van der Waals surface area contributed by atoms with Crippen LogP contribution in [0.2, 0.25) is 0 Å². The fourth-order valence-corrected chi connectivity index (χ4v) is 0.364. The van der Waals surface area contributed by atoms with Crippen molar-refractivity contribution in [1.82, 2.24) is 0 Å². The molecule has 0 aromatic rings. The van der Waals surface area contributed by atoms with Crippen LogP contribution in [0.25, 0.3) is 0 Å². The fraction of sp³-hybridized carbons (Fsp3) is 0.667. The minimum Gasteiger partial charge on any atom is -0.370 e. The molecule has 0 spiro atoms. The van der Waals surface area contributed by atoms with Crippen LogP contribution in [0.4, 0.5) is 0 Å². The third-order valence-corrected chi connectivity index (χ3v) is 0.759. The standard InChI is InChI=1S/C3H7NO3S/c1-4-3-7-8(2,5)6/h3H,1-2H3/b4-3-. The Hall–Kier alpha value is -0.580. The van der Waals surface area contributed by atoms with E-state index >= 15 is 0 Å². The second-order valence-electron chi connectivity index (χ2n) is 1.16. The second-order valence-corrected chi connectivity index (χ2v) is 2.76. The third kappa shape index (κ3) is 5.42. The normalized spacial score (nSPS) is 12.2. The molecule has 0 N–H and O–H groups in total. The lowest BCUT2D eigenvalue weighted by Gasteiger charge is -1.89. The Balaban J connectivity index is 3.76. The summed E-state index contributed by atoms with van der Waals surface area (Å²) in [6.45, 7) is 0. The van der Waals surface area contributed by atoms with Crippen molar-refractivity contribution < 1.29 is 12.6 Å². The van der Waals surface area contributed by atoms with Gasteiger partial charge in [-0.15, -0.1) is 0 Å². The first kappa shape index (κ1) is 7.42. The summed E-state index contributed by atoms with van der Waals surface area (Å²) in [5, 5.41) is 0. The van der Waals surface area contributed by atoms with Crippen molar-refractivity contribution in [2.75, 3.05) is 13.3 Å². The summed E-state index contributed by atoms with van der Waals surface area (Å²) in [6.07, 6.45) is 1.82. The minimum atomic E-state index is -3.34. The van der Waals surface area contributed by atoms with Gasteiger partial charge in [-0.05, 0) is 0 Å². The lowest BCUT2D eigenvalue weighted by Crippen LogP contribution is -1.99. The van der Waals surface area contributed by atoms with E-state index in [9.17, 15) is 8.42 Å². The largest absolute Gasteiger partial charge is 0.370 e. The smallest absolute Gasteiger partial charge is 0.307 e. The van der Waals surface area contributed by atoms with Crippen molar-refractivity contribution in [3.63, 3.8) is 0 Å². The molecular formula is C3H7NO3S. The summed E-state index contributed by atoms with van der Waals surface area (Å²) in [6, 6.07) is 0. The lowest BCUT2D eigenvalue weighted by atomic mass is 11.4. The van der Waals surface area contributed by atoms with Crippen LogP contribution < -0.4 is 0 Å².